The van der Waals surface area contributed by atoms with Crippen molar-refractivity contribution in [2.45, 2.75) is 38.3 Å². The van der Waals surface area contributed by atoms with E-state index in [1.165, 1.54) is 7.11 Å². The highest BCUT2D eigenvalue weighted by atomic mass is 16.5. The van der Waals surface area contributed by atoms with E-state index in [1.54, 1.807) is 11.8 Å². The van der Waals surface area contributed by atoms with Crippen molar-refractivity contribution >= 4 is 6.09 Å². The number of carbonyl (C=O) groups excluding carboxylic acids is 1. The third-order valence-electron chi connectivity index (χ3n) is 2.40. The highest BCUT2D eigenvalue weighted by Crippen LogP contribution is 2.21. The molecule has 1 N–H and O–H groups in total. The van der Waals surface area contributed by atoms with E-state index in [4.69, 9.17) is 0 Å². The Labute approximate surface area is 78.5 Å². The van der Waals surface area contributed by atoms with E-state index >= 15 is 0 Å². The lowest BCUT2D eigenvalue weighted by molar-refractivity contribution is 0.0994. The van der Waals surface area contributed by atoms with Gasteiger partial charge in [-0.2, -0.15) is 0 Å². The van der Waals surface area contributed by atoms with Crippen molar-refractivity contribution in [3.63, 3.8) is 0 Å². The number of amides is 1. The Morgan fingerprint density at radius 1 is 1.77 bits per heavy atom. The molecule has 1 fully saturated rings. The molecular formula is C9H17NO3. The summed E-state index contributed by atoms with van der Waals surface area (Å²) in [7, 11) is 1.39. The van der Waals surface area contributed by atoms with Gasteiger partial charge >= 0.3 is 6.09 Å². The number of aliphatic hydroxyl groups is 1. The van der Waals surface area contributed by atoms with Crippen LogP contribution in [0.3, 0.4) is 0 Å². The van der Waals surface area contributed by atoms with Crippen LogP contribution >= 0.6 is 0 Å². The number of hydrogen-bond acceptors (Lipinski definition) is 3. The highest BCUT2D eigenvalue weighted by molar-refractivity contribution is 5.68. The minimum Gasteiger partial charge on any atom is -0.453 e. The van der Waals surface area contributed by atoms with E-state index in [0.29, 0.717) is 6.42 Å². The number of hydrogen-bond donors (Lipinski definition) is 1. The Bertz CT molecular complexity index is 182. The van der Waals surface area contributed by atoms with Crippen molar-refractivity contribution < 1.29 is 14.6 Å². The molecule has 1 amide bonds. The van der Waals surface area contributed by atoms with Crippen molar-refractivity contribution in [3.8, 4) is 0 Å². The Hall–Kier alpha value is -0.770. The van der Waals surface area contributed by atoms with Crippen LogP contribution in [0.2, 0.25) is 0 Å². The number of aliphatic hydroxyl groups excluding tert-OH is 1. The van der Waals surface area contributed by atoms with Crippen LogP contribution in [-0.4, -0.2) is 41.9 Å². The van der Waals surface area contributed by atoms with Crippen LogP contribution in [0.4, 0.5) is 4.79 Å². The average Bonchev–Trinajstić information content (AvgIpc) is 2.50. The lowest BCUT2D eigenvalue weighted by Gasteiger charge is -2.23. The lowest BCUT2D eigenvalue weighted by Crippen LogP contribution is -2.37. The zero-order valence-corrected chi connectivity index (χ0v) is 8.19. The average molecular weight is 187 g/mol. The Balaban J connectivity index is 2.48. The van der Waals surface area contributed by atoms with Crippen LogP contribution in [0.25, 0.3) is 0 Å². The van der Waals surface area contributed by atoms with Crippen molar-refractivity contribution in [1.29, 1.82) is 0 Å². The number of likely N-dealkylation sites (tertiary alicyclic amines) is 1. The first-order valence-electron chi connectivity index (χ1n) is 4.67. The van der Waals surface area contributed by atoms with Gasteiger partial charge in [-0.3, -0.25) is 0 Å². The van der Waals surface area contributed by atoms with Crippen molar-refractivity contribution in [2.75, 3.05) is 13.7 Å². The predicted molar refractivity (Wildman–Crippen MR) is 48.4 cm³/mol. The number of rotatable bonds is 2. The number of ether oxygens (including phenoxy) is 1. The van der Waals surface area contributed by atoms with E-state index < -0.39 is 0 Å². The molecule has 4 nitrogen and oxygen atoms in total. The summed E-state index contributed by atoms with van der Waals surface area (Å²) in [6.07, 6.45) is 2.00. The zero-order chi connectivity index (χ0) is 9.84. The maximum atomic E-state index is 11.2. The van der Waals surface area contributed by atoms with E-state index in [9.17, 15) is 9.90 Å². The van der Waals surface area contributed by atoms with E-state index in [0.717, 1.165) is 19.4 Å². The summed E-state index contributed by atoms with van der Waals surface area (Å²) in [6.45, 7) is 2.50. The number of methoxy groups -OCH3 is 1. The number of carbonyl (C=O) groups is 1. The molecule has 0 aromatic rings. The molecule has 0 aliphatic carbocycles. The molecule has 1 aliphatic heterocycles. The zero-order valence-electron chi connectivity index (χ0n) is 8.19. The fourth-order valence-electron chi connectivity index (χ4n) is 1.83. The molecule has 76 valence electrons. The summed E-state index contributed by atoms with van der Waals surface area (Å²) >= 11 is 0. The van der Waals surface area contributed by atoms with Gasteiger partial charge in [0.1, 0.15) is 0 Å². The summed E-state index contributed by atoms with van der Waals surface area (Å²) < 4.78 is 4.65. The molecule has 0 spiro atoms. The van der Waals surface area contributed by atoms with Gasteiger partial charge in [0.2, 0.25) is 0 Å². The molecular weight excluding hydrogens is 170 g/mol. The third kappa shape index (κ3) is 2.59. The fourth-order valence-corrected chi connectivity index (χ4v) is 1.83. The Morgan fingerprint density at radius 3 is 3.00 bits per heavy atom. The van der Waals surface area contributed by atoms with Crippen LogP contribution in [-0.2, 0) is 4.74 Å². The topological polar surface area (TPSA) is 49.8 Å². The summed E-state index contributed by atoms with van der Waals surface area (Å²) in [5, 5.41) is 9.21. The number of nitrogens with zero attached hydrogens (tertiary/aromatic N) is 1. The summed E-state index contributed by atoms with van der Waals surface area (Å²) in [5.41, 5.74) is 0. The minimum atomic E-state index is -0.352. The van der Waals surface area contributed by atoms with Crippen LogP contribution in [0.5, 0.6) is 0 Å². The lowest BCUT2D eigenvalue weighted by atomic mass is 10.1. The molecule has 2 atom stereocenters. The first-order valence-corrected chi connectivity index (χ1v) is 4.67. The molecule has 1 heterocycles. The Morgan fingerprint density at radius 2 is 2.46 bits per heavy atom. The molecule has 0 aromatic heterocycles. The van der Waals surface area contributed by atoms with Gasteiger partial charge in [0.05, 0.1) is 13.2 Å². The minimum absolute atomic E-state index is 0.160. The van der Waals surface area contributed by atoms with E-state index in [1.807, 2.05) is 0 Å². The van der Waals surface area contributed by atoms with E-state index in [2.05, 4.69) is 4.74 Å². The monoisotopic (exact) mass is 187 g/mol. The molecule has 13 heavy (non-hydrogen) atoms. The molecule has 0 radical (unpaired) electrons. The van der Waals surface area contributed by atoms with Gasteiger partial charge in [0, 0.05) is 12.6 Å². The van der Waals surface area contributed by atoms with Gasteiger partial charge in [-0.15, -0.1) is 0 Å². The quantitative estimate of drug-likeness (QED) is 0.701. The smallest absolute Gasteiger partial charge is 0.409 e. The fraction of sp³-hybridized carbons (Fsp3) is 0.889. The van der Waals surface area contributed by atoms with Crippen molar-refractivity contribution in [1.82, 2.24) is 4.90 Å². The maximum Gasteiger partial charge on any atom is 0.409 e. The maximum absolute atomic E-state index is 11.2. The molecule has 1 aliphatic rings. The first-order chi connectivity index (χ1) is 6.15. The molecule has 0 saturated carbocycles. The predicted octanol–water partition coefficient (Wildman–Crippen LogP) is 0.988. The van der Waals surface area contributed by atoms with Gasteiger partial charge in [-0.05, 0) is 26.2 Å². The highest BCUT2D eigenvalue weighted by Gasteiger charge is 2.29. The second-order valence-corrected chi connectivity index (χ2v) is 3.54. The van der Waals surface area contributed by atoms with Crippen molar-refractivity contribution in [3.05, 3.63) is 0 Å². The second kappa shape index (κ2) is 4.46. The molecule has 4 heteroatoms. The third-order valence-corrected chi connectivity index (χ3v) is 2.40. The normalized spacial score (nSPS) is 24.5. The Kier molecular flexibility index (Phi) is 3.54. The van der Waals surface area contributed by atoms with Crippen LogP contribution < -0.4 is 0 Å². The SMILES string of the molecule is COC(=O)N1CCC[C@H]1C[C@H](C)O. The first kappa shape index (κ1) is 10.3. The van der Waals surface area contributed by atoms with Crippen LogP contribution in [0.1, 0.15) is 26.2 Å². The summed E-state index contributed by atoms with van der Waals surface area (Å²) in [6, 6.07) is 0.160. The molecule has 1 saturated heterocycles. The van der Waals surface area contributed by atoms with Gasteiger partial charge < -0.3 is 14.7 Å². The molecule has 0 aromatic carbocycles. The summed E-state index contributed by atoms with van der Waals surface area (Å²) in [5.74, 6) is 0. The second-order valence-electron chi connectivity index (χ2n) is 3.54. The van der Waals surface area contributed by atoms with Gasteiger partial charge in [0.25, 0.3) is 0 Å². The molecule has 0 unspecified atom stereocenters. The van der Waals surface area contributed by atoms with E-state index in [-0.39, 0.29) is 18.2 Å². The van der Waals surface area contributed by atoms with Gasteiger partial charge in [0.15, 0.2) is 0 Å². The van der Waals surface area contributed by atoms with Gasteiger partial charge in [-0.1, -0.05) is 0 Å². The molecule has 0 bridgehead atoms. The summed E-state index contributed by atoms with van der Waals surface area (Å²) in [4.78, 5) is 12.9. The molecule has 1 rings (SSSR count). The van der Waals surface area contributed by atoms with Crippen LogP contribution in [0, 0.1) is 0 Å². The van der Waals surface area contributed by atoms with Crippen LogP contribution in [0.15, 0.2) is 0 Å². The van der Waals surface area contributed by atoms with Crippen molar-refractivity contribution in [2.24, 2.45) is 0 Å². The standard InChI is InChI=1S/C9H17NO3/c1-7(11)6-8-4-3-5-10(8)9(12)13-2/h7-8,11H,3-6H2,1-2H3/t7-,8-/m0/s1. The largest absolute Gasteiger partial charge is 0.453 e. The van der Waals surface area contributed by atoms with Gasteiger partial charge in [-0.25, -0.2) is 4.79 Å².